The normalized spacial score (nSPS) is 18.2. The van der Waals surface area contributed by atoms with Gasteiger partial charge in [-0.25, -0.2) is 0 Å². The first-order chi connectivity index (χ1) is 10.1. The monoisotopic (exact) mass is 290 g/mol. The van der Waals surface area contributed by atoms with Crippen LogP contribution in [-0.4, -0.2) is 36.4 Å². The predicted octanol–water partition coefficient (Wildman–Crippen LogP) is 1.71. The number of likely N-dealkylation sites (tertiary alicyclic amines) is 1. The fourth-order valence-corrected chi connectivity index (χ4v) is 2.63. The molecule has 0 bridgehead atoms. The number of nitrogens with zero attached hydrogens (tertiary/aromatic N) is 1. The van der Waals surface area contributed by atoms with E-state index in [1.54, 1.807) is 12.0 Å². The van der Waals surface area contributed by atoms with Crippen LogP contribution >= 0.6 is 0 Å². The average molecular weight is 290 g/mol. The van der Waals surface area contributed by atoms with E-state index < -0.39 is 11.8 Å². The number of benzene rings is 1. The van der Waals surface area contributed by atoms with Crippen molar-refractivity contribution in [1.29, 1.82) is 0 Å². The van der Waals surface area contributed by atoms with E-state index in [4.69, 9.17) is 4.74 Å². The van der Waals surface area contributed by atoms with Crippen LogP contribution in [0.1, 0.15) is 31.7 Å². The standard InChI is InChI=1S/C16H22N2O3/c1-12-7-5-6-10-18(12)16(20)15(19)17-11-13-8-3-4-9-14(13)21-2/h3-4,8-9,12H,5-7,10-11H2,1-2H3,(H,17,19). The highest BCUT2D eigenvalue weighted by Crippen LogP contribution is 2.18. The number of amides is 2. The Morgan fingerprint density at radius 3 is 2.81 bits per heavy atom. The molecule has 1 atom stereocenters. The Balaban J connectivity index is 1.93. The third kappa shape index (κ3) is 3.74. The second kappa shape index (κ2) is 7.11. The van der Waals surface area contributed by atoms with Crippen LogP contribution in [0, 0.1) is 0 Å². The Morgan fingerprint density at radius 1 is 1.33 bits per heavy atom. The molecule has 0 saturated carbocycles. The zero-order valence-electron chi connectivity index (χ0n) is 12.6. The van der Waals surface area contributed by atoms with Crippen molar-refractivity contribution in [2.75, 3.05) is 13.7 Å². The minimum absolute atomic E-state index is 0.142. The minimum Gasteiger partial charge on any atom is -0.496 e. The number of para-hydroxylation sites is 1. The van der Waals surface area contributed by atoms with Gasteiger partial charge in [-0.1, -0.05) is 18.2 Å². The van der Waals surface area contributed by atoms with Crippen LogP contribution in [0.5, 0.6) is 5.75 Å². The summed E-state index contributed by atoms with van der Waals surface area (Å²) in [6, 6.07) is 7.58. The summed E-state index contributed by atoms with van der Waals surface area (Å²) in [5, 5.41) is 2.68. The van der Waals surface area contributed by atoms with Gasteiger partial charge in [0.2, 0.25) is 0 Å². The third-order valence-corrected chi connectivity index (χ3v) is 3.89. The molecule has 1 heterocycles. The van der Waals surface area contributed by atoms with Crippen LogP contribution in [0.3, 0.4) is 0 Å². The summed E-state index contributed by atoms with van der Waals surface area (Å²) in [5.74, 6) is -0.275. The van der Waals surface area contributed by atoms with Gasteiger partial charge in [-0.2, -0.15) is 0 Å². The van der Waals surface area contributed by atoms with E-state index >= 15 is 0 Å². The van der Waals surface area contributed by atoms with Gasteiger partial charge in [0.1, 0.15) is 5.75 Å². The van der Waals surface area contributed by atoms with Crippen molar-refractivity contribution in [3.8, 4) is 5.75 Å². The number of methoxy groups -OCH3 is 1. The van der Waals surface area contributed by atoms with E-state index in [0.717, 1.165) is 24.8 Å². The zero-order valence-corrected chi connectivity index (χ0v) is 12.6. The maximum Gasteiger partial charge on any atom is 0.312 e. The summed E-state index contributed by atoms with van der Waals surface area (Å²) in [4.78, 5) is 25.9. The second-order valence-electron chi connectivity index (χ2n) is 5.34. The molecule has 0 aliphatic carbocycles. The van der Waals surface area contributed by atoms with Crippen molar-refractivity contribution in [3.63, 3.8) is 0 Å². The van der Waals surface area contributed by atoms with Crippen molar-refractivity contribution >= 4 is 11.8 Å². The lowest BCUT2D eigenvalue weighted by Gasteiger charge is -2.32. The van der Waals surface area contributed by atoms with Gasteiger partial charge < -0.3 is 15.0 Å². The molecule has 1 unspecified atom stereocenters. The molecule has 2 rings (SSSR count). The van der Waals surface area contributed by atoms with Crippen molar-refractivity contribution < 1.29 is 14.3 Å². The lowest BCUT2D eigenvalue weighted by atomic mass is 10.0. The fraction of sp³-hybridized carbons (Fsp3) is 0.500. The smallest absolute Gasteiger partial charge is 0.312 e. The van der Waals surface area contributed by atoms with Crippen LogP contribution in [-0.2, 0) is 16.1 Å². The molecular formula is C16H22N2O3. The molecule has 1 fully saturated rings. The quantitative estimate of drug-likeness (QED) is 0.862. The molecule has 5 heteroatoms. The number of ether oxygens (including phenoxy) is 1. The first-order valence-electron chi connectivity index (χ1n) is 7.34. The van der Waals surface area contributed by atoms with Crippen LogP contribution < -0.4 is 10.1 Å². The van der Waals surface area contributed by atoms with Crippen LogP contribution in [0.15, 0.2) is 24.3 Å². The SMILES string of the molecule is COc1ccccc1CNC(=O)C(=O)N1CCCCC1C. The summed E-state index contributed by atoms with van der Waals surface area (Å²) >= 11 is 0. The first kappa shape index (κ1) is 15.4. The summed E-state index contributed by atoms with van der Waals surface area (Å²) < 4.78 is 5.22. The molecule has 1 aromatic rings. The van der Waals surface area contributed by atoms with Gasteiger partial charge in [0, 0.05) is 24.7 Å². The molecule has 1 aromatic carbocycles. The van der Waals surface area contributed by atoms with Crippen molar-refractivity contribution in [1.82, 2.24) is 10.2 Å². The van der Waals surface area contributed by atoms with Crippen LogP contribution in [0.4, 0.5) is 0 Å². The topological polar surface area (TPSA) is 58.6 Å². The van der Waals surface area contributed by atoms with E-state index in [1.165, 1.54) is 0 Å². The van der Waals surface area contributed by atoms with E-state index in [-0.39, 0.29) is 12.6 Å². The molecule has 1 aliphatic rings. The van der Waals surface area contributed by atoms with E-state index in [2.05, 4.69) is 5.32 Å². The van der Waals surface area contributed by atoms with Gasteiger partial charge in [0.05, 0.1) is 7.11 Å². The fourth-order valence-electron chi connectivity index (χ4n) is 2.63. The highest BCUT2D eigenvalue weighted by atomic mass is 16.5. The lowest BCUT2D eigenvalue weighted by molar-refractivity contribution is -0.148. The Labute approximate surface area is 125 Å². The number of hydrogen-bond donors (Lipinski definition) is 1. The van der Waals surface area contributed by atoms with Crippen molar-refractivity contribution in [2.24, 2.45) is 0 Å². The summed E-state index contributed by atoms with van der Waals surface area (Å²) in [7, 11) is 1.58. The molecule has 1 saturated heterocycles. The summed E-state index contributed by atoms with van der Waals surface area (Å²) in [6.45, 7) is 2.95. The molecule has 5 nitrogen and oxygen atoms in total. The number of nitrogens with one attached hydrogen (secondary N) is 1. The summed E-state index contributed by atoms with van der Waals surface area (Å²) in [6.07, 6.45) is 3.05. The molecule has 1 aliphatic heterocycles. The number of carbonyl (C=O) groups excluding carboxylic acids is 2. The molecule has 0 aromatic heterocycles. The maximum atomic E-state index is 12.2. The van der Waals surface area contributed by atoms with Crippen molar-refractivity contribution in [2.45, 2.75) is 38.8 Å². The van der Waals surface area contributed by atoms with Crippen LogP contribution in [0.2, 0.25) is 0 Å². The molecular weight excluding hydrogens is 268 g/mol. The number of carbonyl (C=O) groups is 2. The van der Waals surface area contributed by atoms with Gasteiger partial charge in [0.25, 0.3) is 0 Å². The summed E-state index contributed by atoms with van der Waals surface area (Å²) in [5.41, 5.74) is 0.854. The number of piperidine rings is 1. The minimum atomic E-state index is -0.547. The van der Waals surface area contributed by atoms with Gasteiger partial charge in [-0.05, 0) is 32.3 Å². The second-order valence-corrected chi connectivity index (χ2v) is 5.34. The number of rotatable bonds is 3. The van der Waals surface area contributed by atoms with Gasteiger partial charge >= 0.3 is 11.8 Å². The Kier molecular flexibility index (Phi) is 5.20. The predicted molar refractivity (Wildman–Crippen MR) is 79.9 cm³/mol. The molecule has 21 heavy (non-hydrogen) atoms. The van der Waals surface area contributed by atoms with E-state index in [1.807, 2.05) is 31.2 Å². The van der Waals surface area contributed by atoms with Gasteiger partial charge in [-0.3, -0.25) is 9.59 Å². The lowest BCUT2D eigenvalue weighted by Crippen LogP contribution is -2.48. The van der Waals surface area contributed by atoms with Crippen LogP contribution in [0.25, 0.3) is 0 Å². The first-order valence-corrected chi connectivity index (χ1v) is 7.34. The molecule has 0 spiro atoms. The maximum absolute atomic E-state index is 12.2. The highest BCUT2D eigenvalue weighted by molar-refractivity contribution is 6.35. The third-order valence-electron chi connectivity index (χ3n) is 3.89. The van der Waals surface area contributed by atoms with Gasteiger partial charge in [0.15, 0.2) is 0 Å². The van der Waals surface area contributed by atoms with Gasteiger partial charge in [-0.15, -0.1) is 0 Å². The van der Waals surface area contributed by atoms with E-state index in [0.29, 0.717) is 12.3 Å². The average Bonchev–Trinajstić information content (AvgIpc) is 2.52. The molecule has 1 N–H and O–H groups in total. The largest absolute Gasteiger partial charge is 0.496 e. The molecule has 0 radical (unpaired) electrons. The highest BCUT2D eigenvalue weighted by Gasteiger charge is 2.27. The Morgan fingerprint density at radius 2 is 2.10 bits per heavy atom. The zero-order chi connectivity index (χ0) is 15.2. The van der Waals surface area contributed by atoms with Crippen molar-refractivity contribution in [3.05, 3.63) is 29.8 Å². The Bertz CT molecular complexity index is 516. The molecule has 114 valence electrons. The Hall–Kier alpha value is -2.04. The van der Waals surface area contributed by atoms with E-state index in [9.17, 15) is 9.59 Å². The number of hydrogen-bond acceptors (Lipinski definition) is 3. The molecule has 2 amide bonds.